The van der Waals surface area contributed by atoms with Gasteiger partial charge in [0, 0.05) is 12.7 Å². The molecule has 1 saturated heterocycles. The molecule has 2 aromatic rings. The fourth-order valence-corrected chi connectivity index (χ4v) is 3.66. The van der Waals surface area contributed by atoms with Crippen LogP contribution in [0.25, 0.3) is 0 Å². The number of benzene rings is 1. The molecule has 4 rings (SSSR count). The highest BCUT2D eigenvalue weighted by atomic mass is 16.6. The van der Waals surface area contributed by atoms with E-state index in [2.05, 4.69) is 22.0 Å². The number of aromatic nitrogens is 1. The molecule has 5 heteroatoms. The molecular weight excluding hydrogens is 316 g/mol. The molecule has 25 heavy (non-hydrogen) atoms. The average molecular weight is 340 g/mol. The molecule has 1 atom stereocenters. The van der Waals surface area contributed by atoms with Crippen molar-refractivity contribution in [3.63, 3.8) is 0 Å². The summed E-state index contributed by atoms with van der Waals surface area (Å²) in [7, 11) is 0. The maximum Gasteiger partial charge on any atom is 0.161 e. The third-order valence-corrected chi connectivity index (χ3v) is 5.08. The van der Waals surface area contributed by atoms with E-state index in [-0.39, 0.29) is 5.92 Å². The van der Waals surface area contributed by atoms with Crippen LogP contribution in [-0.2, 0) is 6.54 Å². The highest BCUT2D eigenvalue weighted by Gasteiger charge is 2.27. The number of rotatable bonds is 4. The van der Waals surface area contributed by atoms with Crippen LogP contribution in [0.1, 0.15) is 30.2 Å². The SMILES string of the molecule is O[C@@H](c1ccccn1)C1CCN(Cc2ccc3c(c2)OCCO3)CC1. The second-order valence-electron chi connectivity index (χ2n) is 6.79. The quantitative estimate of drug-likeness (QED) is 0.927. The maximum atomic E-state index is 10.5. The lowest BCUT2D eigenvalue weighted by molar-refractivity contribution is 0.0539. The molecule has 0 radical (unpaired) electrons. The fraction of sp³-hybridized carbons (Fsp3) is 0.450. The third kappa shape index (κ3) is 3.78. The maximum absolute atomic E-state index is 10.5. The van der Waals surface area contributed by atoms with E-state index in [4.69, 9.17) is 9.47 Å². The molecule has 0 unspecified atom stereocenters. The molecular formula is C20H24N2O3. The summed E-state index contributed by atoms with van der Waals surface area (Å²) in [6.07, 6.45) is 3.26. The van der Waals surface area contributed by atoms with Gasteiger partial charge in [-0.05, 0) is 61.7 Å². The first kappa shape index (κ1) is 16.4. The Labute approximate surface area is 148 Å². The van der Waals surface area contributed by atoms with Crippen molar-refractivity contribution in [1.82, 2.24) is 9.88 Å². The van der Waals surface area contributed by atoms with Crippen LogP contribution < -0.4 is 9.47 Å². The molecule has 2 aliphatic heterocycles. The van der Waals surface area contributed by atoms with Crippen LogP contribution in [0.5, 0.6) is 11.5 Å². The number of fused-ring (bicyclic) bond motifs is 1. The summed E-state index contributed by atoms with van der Waals surface area (Å²) in [6.45, 7) is 4.13. The first-order chi connectivity index (χ1) is 12.3. The van der Waals surface area contributed by atoms with Crippen molar-refractivity contribution in [2.75, 3.05) is 26.3 Å². The van der Waals surface area contributed by atoms with E-state index in [1.54, 1.807) is 6.20 Å². The van der Waals surface area contributed by atoms with Gasteiger partial charge in [-0.3, -0.25) is 9.88 Å². The smallest absolute Gasteiger partial charge is 0.161 e. The predicted octanol–water partition coefficient (Wildman–Crippen LogP) is 2.80. The Balaban J connectivity index is 1.33. The van der Waals surface area contributed by atoms with Gasteiger partial charge in [-0.2, -0.15) is 0 Å². The van der Waals surface area contributed by atoms with Gasteiger partial charge in [0.15, 0.2) is 11.5 Å². The number of aliphatic hydroxyl groups is 1. The van der Waals surface area contributed by atoms with E-state index in [0.717, 1.165) is 49.7 Å². The minimum absolute atomic E-state index is 0.284. The highest BCUT2D eigenvalue weighted by molar-refractivity contribution is 5.43. The molecule has 0 bridgehead atoms. The number of hydrogen-bond donors (Lipinski definition) is 1. The summed E-state index contributed by atoms with van der Waals surface area (Å²) in [5.74, 6) is 1.97. The number of aliphatic hydroxyl groups excluding tert-OH is 1. The third-order valence-electron chi connectivity index (χ3n) is 5.08. The normalized spacial score (nSPS) is 19.6. The molecule has 1 aromatic heterocycles. The van der Waals surface area contributed by atoms with Gasteiger partial charge in [-0.1, -0.05) is 12.1 Å². The Morgan fingerprint density at radius 3 is 2.64 bits per heavy atom. The van der Waals surface area contributed by atoms with E-state index in [1.807, 2.05) is 24.3 Å². The van der Waals surface area contributed by atoms with Gasteiger partial charge in [0.1, 0.15) is 13.2 Å². The van der Waals surface area contributed by atoms with Gasteiger partial charge >= 0.3 is 0 Å². The van der Waals surface area contributed by atoms with Crippen LogP contribution in [-0.4, -0.2) is 41.3 Å². The topological polar surface area (TPSA) is 54.8 Å². The largest absolute Gasteiger partial charge is 0.486 e. The zero-order chi connectivity index (χ0) is 17.1. The average Bonchev–Trinajstić information content (AvgIpc) is 2.69. The van der Waals surface area contributed by atoms with E-state index < -0.39 is 6.10 Å². The van der Waals surface area contributed by atoms with E-state index in [0.29, 0.717) is 13.2 Å². The van der Waals surface area contributed by atoms with Crippen molar-refractivity contribution in [2.45, 2.75) is 25.5 Å². The summed E-state index contributed by atoms with van der Waals surface area (Å²) in [5, 5.41) is 10.5. The zero-order valence-corrected chi connectivity index (χ0v) is 14.3. The van der Waals surface area contributed by atoms with Crippen molar-refractivity contribution in [3.05, 3.63) is 53.9 Å². The molecule has 5 nitrogen and oxygen atoms in total. The second-order valence-corrected chi connectivity index (χ2v) is 6.79. The molecule has 1 aromatic carbocycles. The van der Waals surface area contributed by atoms with Crippen molar-refractivity contribution in [3.8, 4) is 11.5 Å². The van der Waals surface area contributed by atoms with Crippen LogP contribution >= 0.6 is 0 Å². The lowest BCUT2D eigenvalue weighted by atomic mass is 9.89. The molecule has 132 valence electrons. The Bertz CT molecular complexity index is 699. The van der Waals surface area contributed by atoms with Crippen molar-refractivity contribution in [2.24, 2.45) is 5.92 Å². The summed E-state index contributed by atoms with van der Waals surface area (Å²) in [6, 6.07) is 11.9. The van der Waals surface area contributed by atoms with Gasteiger partial charge < -0.3 is 14.6 Å². The predicted molar refractivity (Wildman–Crippen MR) is 94.6 cm³/mol. The lowest BCUT2D eigenvalue weighted by Crippen LogP contribution is -2.35. The summed E-state index contributed by atoms with van der Waals surface area (Å²) in [4.78, 5) is 6.73. The van der Waals surface area contributed by atoms with Gasteiger partial charge in [0.2, 0.25) is 0 Å². The summed E-state index contributed by atoms with van der Waals surface area (Å²) >= 11 is 0. The van der Waals surface area contributed by atoms with Crippen LogP contribution in [0.4, 0.5) is 0 Å². The van der Waals surface area contributed by atoms with Crippen LogP contribution in [0.3, 0.4) is 0 Å². The molecule has 1 fully saturated rings. The minimum Gasteiger partial charge on any atom is -0.486 e. The number of nitrogens with zero attached hydrogens (tertiary/aromatic N) is 2. The summed E-state index contributed by atoms with van der Waals surface area (Å²) in [5.41, 5.74) is 2.03. The second kappa shape index (κ2) is 7.42. The standard InChI is InChI=1S/C20H24N2O3/c23-20(17-3-1-2-8-21-17)16-6-9-22(10-7-16)14-15-4-5-18-19(13-15)25-12-11-24-18/h1-5,8,13,16,20,23H,6-7,9-12,14H2/t20-/m1/s1. The number of piperidine rings is 1. The van der Waals surface area contributed by atoms with E-state index >= 15 is 0 Å². The van der Waals surface area contributed by atoms with E-state index in [1.165, 1.54) is 5.56 Å². The van der Waals surface area contributed by atoms with Crippen LogP contribution in [0.15, 0.2) is 42.6 Å². The monoisotopic (exact) mass is 340 g/mol. The minimum atomic E-state index is -0.461. The van der Waals surface area contributed by atoms with Crippen molar-refractivity contribution >= 4 is 0 Å². The molecule has 1 N–H and O–H groups in total. The number of hydrogen-bond acceptors (Lipinski definition) is 5. The van der Waals surface area contributed by atoms with Gasteiger partial charge in [0.05, 0.1) is 11.8 Å². The van der Waals surface area contributed by atoms with Gasteiger partial charge in [0.25, 0.3) is 0 Å². The lowest BCUT2D eigenvalue weighted by Gasteiger charge is -2.34. The summed E-state index contributed by atoms with van der Waals surface area (Å²) < 4.78 is 11.2. The van der Waals surface area contributed by atoms with Gasteiger partial charge in [-0.25, -0.2) is 0 Å². The number of pyridine rings is 1. The molecule has 0 saturated carbocycles. The Hall–Kier alpha value is -2.11. The van der Waals surface area contributed by atoms with E-state index in [9.17, 15) is 5.11 Å². The number of ether oxygens (including phenoxy) is 2. The van der Waals surface area contributed by atoms with Crippen LogP contribution in [0, 0.1) is 5.92 Å². The fourth-order valence-electron chi connectivity index (χ4n) is 3.66. The highest BCUT2D eigenvalue weighted by Crippen LogP contribution is 2.33. The van der Waals surface area contributed by atoms with Crippen molar-refractivity contribution in [1.29, 1.82) is 0 Å². The first-order valence-corrected chi connectivity index (χ1v) is 8.99. The molecule has 0 amide bonds. The molecule has 2 aliphatic rings. The molecule has 3 heterocycles. The van der Waals surface area contributed by atoms with Crippen molar-refractivity contribution < 1.29 is 14.6 Å². The Morgan fingerprint density at radius 2 is 1.88 bits per heavy atom. The van der Waals surface area contributed by atoms with Gasteiger partial charge in [-0.15, -0.1) is 0 Å². The molecule has 0 spiro atoms. The Morgan fingerprint density at radius 1 is 1.08 bits per heavy atom. The Kier molecular flexibility index (Phi) is 4.85. The molecule has 0 aliphatic carbocycles. The number of likely N-dealkylation sites (tertiary alicyclic amines) is 1. The first-order valence-electron chi connectivity index (χ1n) is 8.99. The zero-order valence-electron chi connectivity index (χ0n) is 14.3. The van der Waals surface area contributed by atoms with Crippen LogP contribution in [0.2, 0.25) is 0 Å².